The van der Waals surface area contributed by atoms with Crippen LogP contribution in [-0.4, -0.2) is 28.9 Å². The molecule has 8 heteroatoms. The Morgan fingerprint density at radius 1 is 0.905 bits per heavy atom. The molecular formula is C34H36N4O4. The number of nitrogens with zero attached hydrogens (tertiary/aromatic N) is 2. The molecule has 1 fully saturated rings. The first-order chi connectivity index (χ1) is 20.1. The van der Waals surface area contributed by atoms with Crippen LogP contribution in [0.3, 0.4) is 0 Å². The number of carbonyl (C=O) groups is 3. The third-order valence-corrected chi connectivity index (χ3v) is 7.54. The number of rotatable bonds is 8. The minimum Gasteiger partial charge on any atom is -0.457 e. The van der Waals surface area contributed by atoms with Crippen molar-refractivity contribution in [2.75, 3.05) is 22.2 Å². The molecule has 2 heterocycles. The van der Waals surface area contributed by atoms with Gasteiger partial charge in [-0.15, -0.1) is 0 Å². The van der Waals surface area contributed by atoms with Crippen molar-refractivity contribution in [2.45, 2.75) is 47.0 Å². The van der Waals surface area contributed by atoms with Crippen LogP contribution < -0.4 is 20.4 Å². The Balaban J connectivity index is 1.22. The van der Waals surface area contributed by atoms with E-state index in [1.165, 1.54) is 0 Å². The van der Waals surface area contributed by atoms with Gasteiger partial charge in [0, 0.05) is 41.3 Å². The van der Waals surface area contributed by atoms with Gasteiger partial charge in [-0.2, -0.15) is 0 Å². The summed E-state index contributed by atoms with van der Waals surface area (Å²) < 4.78 is 7.91. The van der Waals surface area contributed by atoms with Gasteiger partial charge in [0.1, 0.15) is 11.5 Å². The molecule has 3 amide bonds. The lowest BCUT2D eigenvalue weighted by atomic mass is 10.0. The topological polar surface area (TPSA) is 92.7 Å². The van der Waals surface area contributed by atoms with Crippen LogP contribution in [0.1, 0.15) is 59.1 Å². The maximum atomic E-state index is 13.1. The molecule has 1 aliphatic heterocycles. The van der Waals surface area contributed by atoms with Crippen molar-refractivity contribution in [3.8, 4) is 11.5 Å². The summed E-state index contributed by atoms with van der Waals surface area (Å²) in [6.45, 7) is 10.4. The zero-order valence-electron chi connectivity index (χ0n) is 24.6. The second kappa shape index (κ2) is 11.9. The largest absolute Gasteiger partial charge is 0.457 e. The smallest absolute Gasteiger partial charge is 0.270 e. The van der Waals surface area contributed by atoms with Gasteiger partial charge in [-0.3, -0.25) is 24.5 Å². The van der Waals surface area contributed by atoms with Crippen LogP contribution in [-0.2, 0) is 9.59 Å². The number of nitrogens with one attached hydrogen (secondary N) is 2. The van der Waals surface area contributed by atoms with Crippen LogP contribution in [0.25, 0.3) is 0 Å². The minimum absolute atomic E-state index is 0.109. The lowest BCUT2D eigenvalue weighted by Gasteiger charge is -2.18. The molecule has 0 aliphatic carbocycles. The highest BCUT2D eigenvalue weighted by Crippen LogP contribution is 2.33. The highest BCUT2D eigenvalue weighted by Gasteiger charge is 2.35. The van der Waals surface area contributed by atoms with Crippen LogP contribution in [0.4, 0.5) is 11.4 Å². The fourth-order valence-corrected chi connectivity index (χ4v) is 5.15. The molecule has 3 aromatic carbocycles. The van der Waals surface area contributed by atoms with E-state index >= 15 is 0 Å². The molecule has 1 aliphatic rings. The molecule has 42 heavy (non-hydrogen) atoms. The highest BCUT2D eigenvalue weighted by molar-refractivity contribution is 6.05. The van der Waals surface area contributed by atoms with Gasteiger partial charge in [-0.25, -0.2) is 0 Å². The van der Waals surface area contributed by atoms with Crippen molar-refractivity contribution in [3.63, 3.8) is 0 Å². The summed E-state index contributed by atoms with van der Waals surface area (Å²) in [5, 5.41) is 2.88. The predicted octanol–water partition coefficient (Wildman–Crippen LogP) is 6.70. The highest BCUT2D eigenvalue weighted by atomic mass is 16.5. The second-order valence-electron chi connectivity index (χ2n) is 11.2. The Morgan fingerprint density at radius 3 is 2.31 bits per heavy atom. The van der Waals surface area contributed by atoms with Gasteiger partial charge in [0.05, 0.1) is 5.92 Å². The van der Waals surface area contributed by atoms with Gasteiger partial charge in [-0.1, -0.05) is 32.0 Å². The maximum Gasteiger partial charge on any atom is 0.270 e. The standard InChI is InChI=1S/C34H36N4O4/c1-21(2)30-16-9-22(3)17-31(30)42-29-14-12-28(13-15-29)37-20-26(19-32(37)39)33(40)35-27-8-6-7-25(18-27)34(41)36-38-23(4)10-11-24(38)5/h6-18,21,26H,19-20H2,1-5H3,(H,35,40)(H,36,41)/t26-/m0/s1. The summed E-state index contributed by atoms with van der Waals surface area (Å²) >= 11 is 0. The average Bonchev–Trinajstić information content (AvgIpc) is 3.50. The number of carbonyl (C=O) groups excluding carboxylic acids is 3. The lowest BCUT2D eigenvalue weighted by Crippen LogP contribution is -2.28. The third kappa shape index (κ3) is 6.22. The number of aryl methyl sites for hydroxylation is 3. The number of hydrogen-bond acceptors (Lipinski definition) is 4. The lowest BCUT2D eigenvalue weighted by molar-refractivity contribution is -0.122. The monoisotopic (exact) mass is 564 g/mol. The average molecular weight is 565 g/mol. The summed E-state index contributed by atoms with van der Waals surface area (Å²) in [5.74, 6) is 0.642. The zero-order valence-corrected chi connectivity index (χ0v) is 24.6. The molecule has 216 valence electrons. The molecule has 0 saturated carbocycles. The van der Waals surface area contributed by atoms with Crippen LogP contribution in [0, 0.1) is 26.7 Å². The van der Waals surface area contributed by atoms with Crippen molar-refractivity contribution in [1.82, 2.24) is 4.68 Å². The predicted molar refractivity (Wildman–Crippen MR) is 165 cm³/mol. The van der Waals surface area contributed by atoms with E-state index in [1.807, 2.05) is 63.2 Å². The number of anilines is 2. The first-order valence-electron chi connectivity index (χ1n) is 14.1. The Bertz CT molecular complexity index is 1620. The molecule has 1 saturated heterocycles. The molecule has 5 rings (SSSR count). The molecule has 4 aromatic rings. The number of amides is 3. The minimum atomic E-state index is -0.517. The number of aromatic nitrogens is 1. The molecular weight excluding hydrogens is 528 g/mol. The number of hydrogen-bond donors (Lipinski definition) is 2. The molecule has 0 spiro atoms. The fraction of sp³-hybridized carbons (Fsp3) is 0.265. The molecule has 8 nitrogen and oxygen atoms in total. The fourth-order valence-electron chi connectivity index (χ4n) is 5.15. The van der Waals surface area contributed by atoms with Gasteiger partial charge in [0.2, 0.25) is 11.8 Å². The van der Waals surface area contributed by atoms with E-state index in [0.29, 0.717) is 28.6 Å². The summed E-state index contributed by atoms with van der Waals surface area (Å²) in [6.07, 6.45) is 0.109. The van der Waals surface area contributed by atoms with Crippen LogP contribution >= 0.6 is 0 Å². The van der Waals surface area contributed by atoms with Gasteiger partial charge in [0.25, 0.3) is 5.91 Å². The third-order valence-electron chi connectivity index (χ3n) is 7.54. The first-order valence-corrected chi connectivity index (χ1v) is 14.1. The van der Waals surface area contributed by atoms with Crippen molar-refractivity contribution >= 4 is 29.1 Å². The van der Waals surface area contributed by atoms with Crippen molar-refractivity contribution in [1.29, 1.82) is 0 Å². The number of ether oxygens (including phenoxy) is 1. The quantitative estimate of drug-likeness (QED) is 0.249. The van der Waals surface area contributed by atoms with E-state index in [2.05, 4.69) is 36.7 Å². The molecule has 0 unspecified atom stereocenters. The SMILES string of the molecule is Cc1ccc(C(C)C)c(Oc2ccc(N3C[C@@H](C(=O)Nc4cccc(C(=O)Nn5c(C)ccc5C)c4)CC3=O)cc2)c1. The molecule has 1 atom stereocenters. The number of benzene rings is 3. The van der Waals surface area contributed by atoms with E-state index in [0.717, 1.165) is 28.3 Å². The molecule has 0 bridgehead atoms. The van der Waals surface area contributed by atoms with Crippen LogP contribution in [0.15, 0.2) is 78.9 Å². The maximum absolute atomic E-state index is 13.1. The summed E-state index contributed by atoms with van der Waals surface area (Å²) in [5.41, 5.74) is 8.57. The van der Waals surface area contributed by atoms with Crippen molar-refractivity contribution < 1.29 is 19.1 Å². The van der Waals surface area contributed by atoms with E-state index < -0.39 is 5.92 Å². The second-order valence-corrected chi connectivity index (χ2v) is 11.2. The molecule has 2 N–H and O–H groups in total. The Labute approximate surface area is 246 Å². The Morgan fingerprint density at radius 2 is 1.62 bits per heavy atom. The van der Waals surface area contributed by atoms with E-state index in [-0.39, 0.29) is 30.7 Å². The van der Waals surface area contributed by atoms with Crippen LogP contribution in [0.2, 0.25) is 0 Å². The van der Waals surface area contributed by atoms with E-state index in [4.69, 9.17) is 4.74 Å². The first kappa shape index (κ1) is 28.7. The molecule has 0 radical (unpaired) electrons. The van der Waals surface area contributed by atoms with Crippen LogP contribution in [0.5, 0.6) is 11.5 Å². The normalized spacial score (nSPS) is 14.8. The molecule has 1 aromatic heterocycles. The van der Waals surface area contributed by atoms with Crippen molar-refractivity contribution in [3.05, 3.63) is 107 Å². The summed E-state index contributed by atoms with van der Waals surface area (Å²) in [7, 11) is 0. The van der Waals surface area contributed by atoms with Gasteiger partial charge in [-0.05, 0) is 98.5 Å². The van der Waals surface area contributed by atoms with E-state index in [1.54, 1.807) is 33.8 Å². The summed E-state index contributed by atoms with van der Waals surface area (Å²) in [6, 6.07) is 24.2. The van der Waals surface area contributed by atoms with Gasteiger partial charge < -0.3 is 15.0 Å². The van der Waals surface area contributed by atoms with E-state index in [9.17, 15) is 14.4 Å². The van der Waals surface area contributed by atoms with Gasteiger partial charge >= 0.3 is 0 Å². The zero-order chi connectivity index (χ0) is 30.0. The Hall–Kier alpha value is -4.85. The summed E-state index contributed by atoms with van der Waals surface area (Å²) in [4.78, 5) is 40.5. The Kier molecular flexibility index (Phi) is 8.15. The van der Waals surface area contributed by atoms with Crippen molar-refractivity contribution in [2.24, 2.45) is 5.92 Å². The van der Waals surface area contributed by atoms with Gasteiger partial charge in [0.15, 0.2) is 0 Å².